The van der Waals surface area contributed by atoms with Gasteiger partial charge in [-0.05, 0) is 63.0 Å². The Kier molecular flexibility index (Phi) is 7.88. The van der Waals surface area contributed by atoms with E-state index in [1.165, 1.54) is 6.20 Å². The number of hydrogen-bond donors (Lipinski definition) is 1. The summed E-state index contributed by atoms with van der Waals surface area (Å²) in [7, 11) is 3.80. The van der Waals surface area contributed by atoms with Crippen molar-refractivity contribution in [3.05, 3.63) is 90.5 Å². The largest absolute Gasteiger partial charge is 0.461 e. The summed E-state index contributed by atoms with van der Waals surface area (Å²) >= 11 is 0. The van der Waals surface area contributed by atoms with E-state index in [-0.39, 0.29) is 19.1 Å². The molecule has 10 nitrogen and oxygen atoms in total. The highest BCUT2D eigenvalue weighted by atomic mass is 16.5. The van der Waals surface area contributed by atoms with Crippen LogP contribution in [0, 0.1) is 6.92 Å². The summed E-state index contributed by atoms with van der Waals surface area (Å²) in [6.07, 6.45) is 5.00. The third kappa shape index (κ3) is 6.19. The van der Waals surface area contributed by atoms with Crippen molar-refractivity contribution in [2.24, 2.45) is 0 Å². The second kappa shape index (κ2) is 11.8. The zero-order valence-corrected chi connectivity index (χ0v) is 22.5. The zero-order chi connectivity index (χ0) is 28.1. The molecule has 5 rings (SSSR count). The van der Waals surface area contributed by atoms with E-state index in [4.69, 9.17) is 9.84 Å². The fourth-order valence-corrected chi connectivity index (χ4v) is 4.22. The molecular weight excluding hydrogens is 506 g/mol. The van der Waals surface area contributed by atoms with Gasteiger partial charge in [-0.15, -0.1) is 0 Å². The average molecular weight is 536 g/mol. The number of nitrogens with zero attached hydrogens (tertiary/aromatic N) is 6. The van der Waals surface area contributed by atoms with Crippen LogP contribution in [-0.2, 0) is 16.1 Å². The van der Waals surface area contributed by atoms with Gasteiger partial charge in [0.1, 0.15) is 24.7 Å². The van der Waals surface area contributed by atoms with Crippen LogP contribution in [0.3, 0.4) is 0 Å². The lowest BCUT2D eigenvalue weighted by Gasteiger charge is -2.10. The van der Waals surface area contributed by atoms with Gasteiger partial charge in [0.05, 0.1) is 16.8 Å². The van der Waals surface area contributed by atoms with Gasteiger partial charge in [0.15, 0.2) is 0 Å². The quantitative estimate of drug-likeness (QED) is 0.279. The van der Waals surface area contributed by atoms with Crippen molar-refractivity contribution < 1.29 is 14.3 Å². The molecule has 10 heteroatoms. The second-order valence-corrected chi connectivity index (χ2v) is 9.55. The Morgan fingerprint density at radius 2 is 1.82 bits per heavy atom. The molecule has 40 heavy (non-hydrogen) atoms. The summed E-state index contributed by atoms with van der Waals surface area (Å²) < 4.78 is 6.82. The van der Waals surface area contributed by atoms with Crippen molar-refractivity contribution in [3.8, 4) is 22.5 Å². The van der Waals surface area contributed by atoms with Gasteiger partial charge < -0.3 is 15.0 Å². The number of anilines is 1. The molecule has 5 aromatic rings. The first-order chi connectivity index (χ1) is 19.4. The lowest BCUT2D eigenvalue weighted by molar-refractivity contribution is -0.116. The van der Waals surface area contributed by atoms with Crippen molar-refractivity contribution in [3.63, 3.8) is 0 Å². The van der Waals surface area contributed by atoms with E-state index in [1.54, 1.807) is 23.0 Å². The van der Waals surface area contributed by atoms with E-state index in [0.717, 1.165) is 27.7 Å². The number of ether oxygens (including phenoxy) is 1. The Balaban J connectivity index is 1.36. The minimum atomic E-state index is -0.461. The van der Waals surface area contributed by atoms with Crippen LogP contribution >= 0.6 is 0 Å². The fourth-order valence-electron chi connectivity index (χ4n) is 4.22. The first-order valence-corrected chi connectivity index (χ1v) is 12.8. The van der Waals surface area contributed by atoms with Crippen molar-refractivity contribution in [1.82, 2.24) is 29.6 Å². The van der Waals surface area contributed by atoms with Gasteiger partial charge >= 0.3 is 5.97 Å². The zero-order valence-electron chi connectivity index (χ0n) is 22.5. The summed E-state index contributed by atoms with van der Waals surface area (Å²) in [5.41, 5.74) is 5.22. The number of nitrogens with one attached hydrogen (secondary N) is 1. The molecule has 0 unspecified atom stereocenters. The maximum atomic E-state index is 12.9. The molecule has 1 N–H and O–H groups in total. The molecule has 4 aromatic heterocycles. The summed E-state index contributed by atoms with van der Waals surface area (Å²) in [5, 5.41) is 8.50. The molecule has 202 valence electrons. The van der Waals surface area contributed by atoms with Crippen molar-refractivity contribution in [2.75, 3.05) is 32.6 Å². The SMILES string of the molecule is Cc1cccc(-c2nn(CC(=O)Nc3ccc(C(=O)OCCN(C)C)cn3)cc2-c2ccnc3ccccc23)n1. The molecule has 0 aliphatic rings. The molecular formula is C30H29N7O3. The highest BCUT2D eigenvalue weighted by Gasteiger charge is 2.18. The molecule has 0 saturated heterocycles. The smallest absolute Gasteiger partial charge is 0.339 e. The van der Waals surface area contributed by atoms with Crippen molar-refractivity contribution in [1.29, 1.82) is 0 Å². The third-order valence-corrected chi connectivity index (χ3v) is 6.18. The molecule has 4 heterocycles. The van der Waals surface area contributed by atoms with Crippen LogP contribution in [0.5, 0.6) is 0 Å². The lowest BCUT2D eigenvalue weighted by Crippen LogP contribution is -2.21. The van der Waals surface area contributed by atoms with Gasteiger partial charge in [0.2, 0.25) is 5.91 Å². The first kappa shape index (κ1) is 26.6. The van der Waals surface area contributed by atoms with Gasteiger partial charge in [0, 0.05) is 41.8 Å². The number of likely N-dealkylation sites (N-methyl/N-ethyl adjacent to an activating group) is 1. The van der Waals surface area contributed by atoms with Gasteiger partial charge in [-0.25, -0.2) is 9.78 Å². The van der Waals surface area contributed by atoms with Gasteiger partial charge in [0.25, 0.3) is 0 Å². The minimum absolute atomic E-state index is 0.0438. The Hall–Kier alpha value is -4.96. The van der Waals surface area contributed by atoms with Crippen LogP contribution in [0.2, 0.25) is 0 Å². The van der Waals surface area contributed by atoms with Crippen molar-refractivity contribution >= 4 is 28.6 Å². The Morgan fingerprint density at radius 1 is 0.975 bits per heavy atom. The maximum absolute atomic E-state index is 12.9. The standard InChI is InChI=1S/C30H29N7O3/c1-20-7-6-10-26(33-20)29-24(22-13-14-31-25-9-5-4-8-23(22)25)18-37(35-29)19-28(38)34-27-12-11-21(17-32-27)30(39)40-16-15-36(2)3/h4-14,17-18H,15-16,19H2,1-3H3,(H,32,34,38). The van der Waals surface area contributed by atoms with E-state index in [2.05, 4.69) is 20.3 Å². The van der Waals surface area contributed by atoms with Gasteiger partial charge in [-0.2, -0.15) is 5.10 Å². The number of carbonyl (C=O) groups excluding carboxylic acids is 2. The molecule has 0 atom stereocenters. The van der Waals surface area contributed by atoms with Gasteiger partial charge in [-0.1, -0.05) is 24.3 Å². The van der Waals surface area contributed by atoms with Crippen LogP contribution in [-0.4, -0.2) is 68.8 Å². The number of aromatic nitrogens is 5. The Bertz CT molecular complexity index is 1660. The molecule has 0 fully saturated rings. The van der Waals surface area contributed by atoms with Crippen molar-refractivity contribution in [2.45, 2.75) is 13.5 Å². The molecule has 0 aliphatic carbocycles. The Morgan fingerprint density at radius 3 is 2.60 bits per heavy atom. The predicted octanol–water partition coefficient (Wildman–Crippen LogP) is 4.22. The van der Waals surface area contributed by atoms with E-state index < -0.39 is 5.97 Å². The maximum Gasteiger partial charge on any atom is 0.339 e. The summed E-state index contributed by atoms with van der Waals surface area (Å²) in [4.78, 5) is 40.4. The Labute approximate surface area is 231 Å². The van der Waals surface area contributed by atoms with Crippen LogP contribution in [0.4, 0.5) is 5.82 Å². The predicted molar refractivity (Wildman–Crippen MR) is 153 cm³/mol. The first-order valence-electron chi connectivity index (χ1n) is 12.8. The number of hydrogen-bond acceptors (Lipinski definition) is 8. The van der Waals surface area contributed by atoms with E-state index in [9.17, 15) is 9.59 Å². The second-order valence-electron chi connectivity index (χ2n) is 9.55. The molecule has 1 aromatic carbocycles. The molecule has 1 amide bonds. The lowest BCUT2D eigenvalue weighted by atomic mass is 10.0. The summed E-state index contributed by atoms with van der Waals surface area (Å²) in [6.45, 7) is 2.79. The number of esters is 1. The number of amides is 1. The molecule has 0 radical (unpaired) electrons. The number of rotatable bonds is 9. The number of fused-ring (bicyclic) bond motifs is 1. The van der Waals surface area contributed by atoms with Crippen LogP contribution < -0.4 is 5.32 Å². The molecule has 0 bridgehead atoms. The average Bonchev–Trinajstić information content (AvgIpc) is 3.36. The monoisotopic (exact) mass is 535 g/mol. The van der Waals surface area contributed by atoms with Gasteiger partial charge in [-0.3, -0.25) is 19.4 Å². The highest BCUT2D eigenvalue weighted by molar-refractivity contribution is 5.98. The number of aryl methyl sites for hydroxylation is 1. The van der Waals surface area contributed by atoms with E-state index in [1.807, 2.05) is 80.6 Å². The third-order valence-electron chi connectivity index (χ3n) is 6.18. The number of benzene rings is 1. The molecule has 0 aliphatic heterocycles. The fraction of sp³-hybridized carbons (Fsp3) is 0.200. The van der Waals surface area contributed by atoms with E-state index in [0.29, 0.717) is 29.3 Å². The van der Waals surface area contributed by atoms with Crippen LogP contribution in [0.15, 0.2) is 79.3 Å². The number of pyridine rings is 3. The van der Waals surface area contributed by atoms with Crippen LogP contribution in [0.1, 0.15) is 16.1 Å². The number of para-hydroxylation sites is 1. The normalized spacial score (nSPS) is 11.1. The number of carbonyl (C=O) groups is 2. The highest BCUT2D eigenvalue weighted by Crippen LogP contribution is 2.34. The molecule has 0 saturated carbocycles. The summed E-state index contributed by atoms with van der Waals surface area (Å²) in [6, 6.07) is 18.8. The summed E-state index contributed by atoms with van der Waals surface area (Å²) in [5.74, 6) is -0.452. The minimum Gasteiger partial charge on any atom is -0.461 e. The van der Waals surface area contributed by atoms with Crippen LogP contribution in [0.25, 0.3) is 33.4 Å². The topological polar surface area (TPSA) is 115 Å². The molecule has 0 spiro atoms. The van der Waals surface area contributed by atoms with E-state index >= 15 is 0 Å².